The van der Waals surface area contributed by atoms with E-state index in [4.69, 9.17) is 11.6 Å². The summed E-state index contributed by atoms with van der Waals surface area (Å²) < 4.78 is 40.0. The fourth-order valence-electron chi connectivity index (χ4n) is 2.25. The maximum absolute atomic E-state index is 12.9. The van der Waals surface area contributed by atoms with Gasteiger partial charge in [0.05, 0.1) is 10.6 Å². The fraction of sp³-hybridized carbons (Fsp3) is 0.267. The summed E-state index contributed by atoms with van der Waals surface area (Å²) in [7, 11) is 1.14. The molecule has 0 saturated heterocycles. The summed E-state index contributed by atoms with van der Waals surface area (Å²) in [6, 6.07) is 2.63. The van der Waals surface area contributed by atoms with Crippen LogP contribution < -0.4 is 16.6 Å². The number of hydrogen-bond acceptors (Lipinski definition) is 4. The van der Waals surface area contributed by atoms with Gasteiger partial charge in [0.15, 0.2) is 5.56 Å². The number of hydrogen-bond donors (Lipinski definition) is 2. The van der Waals surface area contributed by atoms with E-state index in [0.717, 1.165) is 19.2 Å². The fourth-order valence-corrected chi connectivity index (χ4v) is 2.47. The van der Waals surface area contributed by atoms with Crippen molar-refractivity contribution in [1.29, 1.82) is 0 Å². The molecule has 11 heteroatoms. The third-order valence-corrected chi connectivity index (χ3v) is 3.92. The molecule has 0 spiro atoms. The second-order valence-electron chi connectivity index (χ2n) is 5.24. The molecule has 140 valence electrons. The molecule has 2 N–H and O–H groups in total. The van der Waals surface area contributed by atoms with Gasteiger partial charge in [-0.25, -0.2) is 4.79 Å². The number of nitrogens with one attached hydrogen (secondary N) is 1. The summed E-state index contributed by atoms with van der Waals surface area (Å²) in [6.07, 6.45) is -4.74. The summed E-state index contributed by atoms with van der Waals surface area (Å²) in [5, 5.41) is 11.5. The SMILES string of the molecule is CCn1c(=O)c(C(=O)Nc2ccc(Cl)c(C(F)(F)F)c2)c(O)n(C)c1=O. The molecule has 0 atom stereocenters. The number of aromatic hydroxyl groups is 1. The first kappa shape index (κ1) is 19.6. The molecule has 0 unspecified atom stereocenters. The first-order valence-electron chi connectivity index (χ1n) is 7.19. The van der Waals surface area contributed by atoms with Crippen LogP contribution in [0.15, 0.2) is 27.8 Å². The average Bonchev–Trinajstić information content (AvgIpc) is 2.54. The number of aromatic nitrogens is 2. The molecule has 1 amide bonds. The van der Waals surface area contributed by atoms with Crippen molar-refractivity contribution in [1.82, 2.24) is 9.13 Å². The maximum Gasteiger partial charge on any atom is 0.417 e. The molecule has 0 aliphatic heterocycles. The average molecular weight is 392 g/mol. The van der Waals surface area contributed by atoms with Crippen LogP contribution >= 0.6 is 11.6 Å². The Morgan fingerprint density at radius 3 is 2.46 bits per heavy atom. The molecule has 7 nitrogen and oxygen atoms in total. The quantitative estimate of drug-likeness (QED) is 0.838. The highest BCUT2D eigenvalue weighted by Gasteiger charge is 2.33. The van der Waals surface area contributed by atoms with Crippen LogP contribution in [-0.4, -0.2) is 20.1 Å². The second-order valence-corrected chi connectivity index (χ2v) is 5.64. The molecule has 0 aliphatic carbocycles. The molecule has 1 heterocycles. The lowest BCUT2D eigenvalue weighted by atomic mass is 10.2. The van der Waals surface area contributed by atoms with Gasteiger partial charge in [-0.2, -0.15) is 13.2 Å². The van der Waals surface area contributed by atoms with Gasteiger partial charge in [-0.05, 0) is 25.1 Å². The van der Waals surface area contributed by atoms with E-state index in [-0.39, 0.29) is 12.2 Å². The first-order valence-corrected chi connectivity index (χ1v) is 7.57. The van der Waals surface area contributed by atoms with Crippen LogP contribution in [0.4, 0.5) is 18.9 Å². The molecule has 1 aromatic heterocycles. The lowest BCUT2D eigenvalue weighted by Gasteiger charge is -2.13. The minimum absolute atomic E-state index is 0.0643. The number of rotatable bonds is 3. The number of amides is 1. The van der Waals surface area contributed by atoms with E-state index in [1.165, 1.54) is 6.92 Å². The predicted octanol–water partition coefficient (Wildman–Crippen LogP) is 2.20. The van der Waals surface area contributed by atoms with E-state index in [1.54, 1.807) is 0 Å². The Hall–Kier alpha value is -2.75. The minimum atomic E-state index is -4.74. The molecule has 0 aliphatic rings. The standard InChI is InChI=1S/C15H13ClF3N3O4/c1-3-22-13(25)10(12(24)21(2)14(22)26)11(23)20-7-4-5-9(16)8(6-7)15(17,18)19/h4-6,24H,3H2,1-2H3,(H,20,23). The van der Waals surface area contributed by atoms with Crippen molar-refractivity contribution in [3.05, 3.63) is 55.2 Å². The predicted molar refractivity (Wildman–Crippen MR) is 87.7 cm³/mol. The van der Waals surface area contributed by atoms with Crippen LogP contribution in [-0.2, 0) is 19.8 Å². The van der Waals surface area contributed by atoms with Gasteiger partial charge >= 0.3 is 11.9 Å². The highest BCUT2D eigenvalue weighted by Crippen LogP contribution is 2.36. The van der Waals surface area contributed by atoms with E-state index in [0.29, 0.717) is 15.2 Å². The monoisotopic (exact) mass is 391 g/mol. The van der Waals surface area contributed by atoms with Crippen LogP contribution in [0.25, 0.3) is 0 Å². The summed E-state index contributed by atoms with van der Waals surface area (Å²) >= 11 is 5.50. The van der Waals surface area contributed by atoms with Gasteiger partial charge in [0.2, 0.25) is 5.88 Å². The zero-order valence-electron chi connectivity index (χ0n) is 13.5. The number of anilines is 1. The summed E-state index contributed by atoms with van der Waals surface area (Å²) in [5.41, 5.74) is -4.12. The van der Waals surface area contributed by atoms with Crippen molar-refractivity contribution in [2.45, 2.75) is 19.6 Å². The molecule has 0 radical (unpaired) electrons. The normalized spacial score (nSPS) is 11.5. The van der Waals surface area contributed by atoms with E-state index in [9.17, 15) is 32.7 Å². The molecule has 2 aromatic rings. The summed E-state index contributed by atoms with van der Waals surface area (Å²) in [4.78, 5) is 36.4. The highest BCUT2D eigenvalue weighted by atomic mass is 35.5. The van der Waals surface area contributed by atoms with Gasteiger partial charge in [0, 0.05) is 19.3 Å². The van der Waals surface area contributed by atoms with E-state index >= 15 is 0 Å². The number of carbonyl (C=O) groups is 1. The van der Waals surface area contributed by atoms with Crippen LogP contribution in [0.5, 0.6) is 5.88 Å². The van der Waals surface area contributed by atoms with Gasteiger partial charge in [0.25, 0.3) is 11.5 Å². The molecule has 2 rings (SSSR count). The van der Waals surface area contributed by atoms with Crippen molar-refractivity contribution >= 4 is 23.2 Å². The number of nitrogens with zero attached hydrogens (tertiary/aromatic N) is 2. The summed E-state index contributed by atoms with van der Waals surface area (Å²) in [6.45, 7) is 1.42. The Bertz CT molecular complexity index is 995. The smallest absolute Gasteiger partial charge is 0.417 e. The Morgan fingerprint density at radius 1 is 1.31 bits per heavy atom. The van der Waals surface area contributed by atoms with Crippen LogP contribution in [0.2, 0.25) is 5.02 Å². The van der Waals surface area contributed by atoms with Crippen molar-refractivity contribution in [3.63, 3.8) is 0 Å². The minimum Gasteiger partial charge on any atom is -0.494 e. The van der Waals surface area contributed by atoms with E-state index < -0.39 is 45.4 Å². The zero-order chi connectivity index (χ0) is 19.8. The Morgan fingerprint density at radius 2 is 1.92 bits per heavy atom. The molecule has 1 aromatic carbocycles. The molecular formula is C15H13ClF3N3O4. The van der Waals surface area contributed by atoms with Crippen molar-refractivity contribution < 1.29 is 23.1 Å². The topological polar surface area (TPSA) is 93.3 Å². The highest BCUT2D eigenvalue weighted by molar-refractivity contribution is 6.31. The summed E-state index contributed by atoms with van der Waals surface area (Å²) in [5.74, 6) is -2.06. The number of alkyl halides is 3. The molecule has 26 heavy (non-hydrogen) atoms. The Balaban J connectivity index is 2.52. The number of halogens is 4. The van der Waals surface area contributed by atoms with Crippen molar-refractivity contribution in [2.24, 2.45) is 7.05 Å². The molecule has 0 bridgehead atoms. The number of carbonyl (C=O) groups excluding carboxylic acids is 1. The maximum atomic E-state index is 12.9. The lowest BCUT2D eigenvalue weighted by molar-refractivity contribution is -0.137. The Kier molecular flexibility index (Phi) is 5.17. The van der Waals surface area contributed by atoms with Crippen LogP contribution in [0.3, 0.4) is 0 Å². The second kappa shape index (κ2) is 6.87. The van der Waals surface area contributed by atoms with Gasteiger partial charge < -0.3 is 10.4 Å². The van der Waals surface area contributed by atoms with Crippen LogP contribution in [0, 0.1) is 0 Å². The van der Waals surface area contributed by atoms with Gasteiger partial charge in [-0.3, -0.25) is 18.7 Å². The largest absolute Gasteiger partial charge is 0.494 e. The van der Waals surface area contributed by atoms with E-state index in [2.05, 4.69) is 5.32 Å². The van der Waals surface area contributed by atoms with Crippen LogP contribution in [0.1, 0.15) is 22.8 Å². The first-order chi connectivity index (χ1) is 12.0. The number of benzene rings is 1. The van der Waals surface area contributed by atoms with E-state index in [1.807, 2.05) is 0 Å². The van der Waals surface area contributed by atoms with Gasteiger partial charge in [-0.1, -0.05) is 11.6 Å². The Labute approximate surface area is 149 Å². The van der Waals surface area contributed by atoms with Gasteiger partial charge in [-0.15, -0.1) is 0 Å². The molecular weight excluding hydrogens is 379 g/mol. The zero-order valence-corrected chi connectivity index (χ0v) is 14.3. The van der Waals surface area contributed by atoms with Gasteiger partial charge in [0.1, 0.15) is 0 Å². The lowest BCUT2D eigenvalue weighted by Crippen LogP contribution is -2.42. The molecule has 0 saturated carbocycles. The third-order valence-electron chi connectivity index (χ3n) is 3.59. The van der Waals surface area contributed by atoms with Crippen molar-refractivity contribution in [2.75, 3.05) is 5.32 Å². The molecule has 0 fully saturated rings. The van der Waals surface area contributed by atoms with Crippen molar-refractivity contribution in [3.8, 4) is 5.88 Å². The third kappa shape index (κ3) is 3.45.